The van der Waals surface area contributed by atoms with E-state index in [0.29, 0.717) is 0 Å². The van der Waals surface area contributed by atoms with Crippen molar-refractivity contribution < 1.29 is 0 Å². The fraction of sp³-hybridized carbons (Fsp3) is 1.00. The van der Waals surface area contributed by atoms with E-state index in [4.69, 9.17) is 9.95 Å². The molecule has 0 heterocycles. The molecule has 0 aromatic rings. The van der Waals surface area contributed by atoms with Crippen LogP contribution in [-0.4, -0.2) is 30.9 Å². The van der Waals surface area contributed by atoms with E-state index in [-0.39, 0.29) is 8.29 Å². The first-order chi connectivity index (χ1) is 4.24. The number of rotatable bonds is 4. The predicted molar refractivity (Wildman–Crippen MR) is 55.0 cm³/mol. The Kier molecular flexibility index (Phi) is 5.59. The van der Waals surface area contributed by atoms with Crippen LogP contribution < -0.4 is 0 Å². The Balaban J connectivity index is 3.82. The standard InChI is InChI=1S/C6H18AsClS/c1-4-9(5-2,6-3)7-8/h4-6H2,1-3,7H3. The molecular formula is C6H18AsClS. The number of halogens is 1. The molecule has 0 aromatic heterocycles. The zero-order valence-corrected chi connectivity index (χ0v) is 11.2. The molecule has 0 aliphatic heterocycles. The Morgan fingerprint density at radius 1 is 1.11 bits per heavy atom. The molecule has 0 aliphatic rings. The summed E-state index contributed by atoms with van der Waals surface area (Å²) in [6.07, 6.45) is 0. The van der Waals surface area contributed by atoms with Gasteiger partial charge in [-0.3, -0.25) is 0 Å². The van der Waals surface area contributed by atoms with Crippen LogP contribution in [0, 0.1) is 0 Å². The van der Waals surface area contributed by atoms with Gasteiger partial charge in [0.1, 0.15) is 0 Å². The maximum atomic E-state index is 6.05. The SMILES string of the molecule is CCS(CC)(CC)[AsH3]Cl. The maximum absolute atomic E-state index is 6.05. The zero-order valence-electron chi connectivity index (χ0n) is 6.61. The summed E-state index contributed by atoms with van der Waals surface area (Å²) >= 11 is -0.616. The van der Waals surface area contributed by atoms with Crippen LogP contribution in [0.25, 0.3) is 0 Å². The minimum absolute atomic E-state index is 0.195. The topological polar surface area (TPSA) is 0 Å². The van der Waals surface area contributed by atoms with Gasteiger partial charge in [-0.15, -0.1) is 0 Å². The van der Waals surface area contributed by atoms with Crippen LogP contribution in [0.1, 0.15) is 20.8 Å². The summed E-state index contributed by atoms with van der Waals surface area (Å²) in [5.41, 5.74) is 0. The van der Waals surface area contributed by atoms with Crippen molar-refractivity contribution in [3.63, 3.8) is 0 Å². The number of hydrogen-bond acceptors (Lipinski definition) is 0. The van der Waals surface area contributed by atoms with Gasteiger partial charge in [0, 0.05) is 0 Å². The molecule has 0 aliphatic carbocycles. The molecule has 0 aromatic carbocycles. The normalized spacial score (nSPS) is 14.2. The van der Waals surface area contributed by atoms with Gasteiger partial charge in [0.25, 0.3) is 0 Å². The second-order valence-corrected chi connectivity index (χ2v) is 19.1. The van der Waals surface area contributed by atoms with Gasteiger partial charge in [-0.05, 0) is 0 Å². The van der Waals surface area contributed by atoms with Gasteiger partial charge >= 0.3 is 69.9 Å². The second kappa shape index (κ2) is 4.93. The second-order valence-electron chi connectivity index (χ2n) is 2.20. The van der Waals surface area contributed by atoms with Crippen molar-refractivity contribution in [3.05, 3.63) is 0 Å². The molecule has 9 heavy (non-hydrogen) atoms. The van der Waals surface area contributed by atoms with Crippen LogP contribution in [0.5, 0.6) is 0 Å². The van der Waals surface area contributed by atoms with Crippen molar-refractivity contribution in [2.75, 3.05) is 17.3 Å². The first kappa shape index (κ1) is 10.2. The average molecular weight is 233 g/mol. The first-order valence-corrected chi connectivity index (χ1v) is 13.4. The molecule has 0 fully saturated rings. The molecule has 0 unspecified atom stereocenters. The Labute approximate surface area is 69.9 Å². The Bertz CT molecular complexity index is 55.9. The molecule has 0 spiro atoms. The summed E-state index contributed by atoms with van der Waals surface area (Å²) in [7, 11) is 5.85. The van der Waals surface area contributed by atoms with Crippen LogP contribution in [0.3, 0.4) is 0 Å². The van der Waals surface area contributed by atoms with Gasteiger partial charge in [-0.25, -0.2) is 0 Å². The van der Waals surface area contributed by atoms with Gasteiger partial charge in [0.05, 0.1) is 0 Å². The third kappa shape index (κ3) is 2.74. The van der Waals surface area contributed by atoms with Gasteiger partial charge in [-0.2, -0.15) is 0 Å². The molecule has 0 N–H and O–H groups in total. The third-order valence-electron chi connectivity index (χ3n) is 2.07. The molecule has 0 amide bonds. The van der Waals surface area contributed by atoms with E-state index >= 15 is 0 Å². The van der Waals surface area contributed by atoms with Gasteiger partial charge in [0.15, 0.2) is 0 Å². The minimum atomic E-state index is -0.616. The van der Waals surface area contributed by atoms with Crippen molar-refractivity contribution in [1.29, 1.82) is 0 Å². The van der Waals surface area contributed by atoms with Crippen LogP contribution >= 0.6 is 18.2 Å². The summed E-state index contributed by atoms with van der Waals surface area (Å²) in [5, 5.41) is 0. The molecule has 0 saturated heterocycles. The monoisotopic (exact) mass is 232 g/mol. The quantitative estimate of drug-likeness (QED) is 0.649. The molecule has 3 heteroatoms. The Morgan fingerprint density at radius 2 is 1.44 bits per heavy atom. The van der Waals surface area contributed by atoms with E-state index in [2.05, 4.69) is 20.8 Å². The van der Waals surface area contributed by atoms with Crippen molar-refractivity contribution in [1.82, 2.24) is 0 Å². The molecule has 0 rings (SSSR count). The van der Waals surface area contributed by atoms with Crippen molar-refractivity contribution >= 4 is 31.9 Å². The predicted octanol–water partition coefficient (Wildman–Crippen LogP) is 1.82. The van der Waals surface area contributed by atoms with Gasteiger partial charge in [0.2, 0.25) is 0 Å². The summed E-state index contributed by atoms with van der Waals surface area (Å²) in [4.78, 5) is 0. The summed E-state index contributed by atoms with van der Waals surface area (Å²) in [6.45, 7) is 6.90. The van der Waals surface area contributed by atoms with E-state index < -0.39 is 13.7 Å². The van der Waals surface area contributed by atoms with Gasteiger partial charge < -0.3 is 0 Å². The zero-order chi connectivity index (χ0) is 7.33. The van der Waals surface area contributed by atoms with E-state index in [1.165, 1.54) is 17.3 Å². The Morgan fingerprint density at radius 3 is 1.44 bits per heavy atom. The average Bonchev–Trinajstić information content (AvgIpc) is 1.95. The molecule has 0 atom stereocenters. The van der Waals surface area contributed by atoms with E-state index in [1.807, 2.05) is 0 Å². The summed E-state index contributed by atoms with van der Waals surface area (Å²) in [6, 6.07) is 0. The van der Waals surface area contributed by atoms with E-state index in [1.54, 1.807) is 0 Å². The summed E-state index contributed by atoms with van der Waals surface area (Å²) in [5.74, 6) is 4.14. The molecule has 0 bridgehead atoms. The third-order valence-corrected chi connectivity index (χ3v) is 24.0. The fourth-order valence-corrected chi connectivity index (χ4v) is 12.7. The molecule has 0 nitrogen and oxygen atoms in total. The van der Waals surface area contributed by atoms with Crippen LogP contribution in [-0.2, 0) is 0 Å². The molecule has 60 valence electrons. The first-order valence-electron chi connectivity index (χ1n) is 3.54. The van der Waals surface area contributed by atoms with E-state index in [9.17, 15) is 0 Å². The van der Waals surface area contributed by atoms with E-state index in [0.717, 1.165) is 0 Å². The molecule has 0 saturated carbocycles. The van der Waals surface area contributed by atoms with Crippen LogP contribution in [0.4, 0.5) is 0 Å². The number of hydrogen-bond donors (Lipinski definition) is 0. The van der Waals surface area contributed by atoms with Crippen molar-refractivity contribution in [3.8, 4) is 0 Å². The van der Waals surface area contributed by atoms with Gasteiger partial charge in [-0.1, -0.05) is 0 Å². The summed E-state index contributed by atoms with van der Waals surface area (Å²) < 4.78 is 0. The van der Waals surface area contributed by atoms with Crippen molar-refractivity contribution in [2.24, 2.45) is 0 Å². The van der Waals surface area contributed by atoms with Crippen molar-refractivity contribution in [2.45, 2.75) is 20.8 Å². The van der Waals surface area contributed by atoms with Crippen LogP contribution in [0.2, 0.25) is 0 Å². The van der Waals surface area contributed by atoms with Crippen LogP contribution in [0.15, 0.2) is 0 Å². The molecule has 0 radical (unpaired) electrons. The molecular weight excluding hydrogens is 215 g/mol. The Hall–Kier alpha value is 1.20. The fourth-order valence-electron chi connectivity index (χ4n) is 0.844.